The number of benzene rings is 2. The zero-order valence-corrected chi connectivity index (χ0v) is 21.1. The largest absolute Gasteiger partial charge is 0.493 e. The molecule has 2 heterocycles. The number of carbonyl (C=O) groups is 1. The predicted molar refractivity (Wildman–Crippen MR) is 139 cm³/mol. The van der Waals surface area contributed by atoms with Crippen LogP contribution in [0.15, 0.2) is 53.4 Å². The molecule has 3 aromatic rings. The van der Waals surface area contributed by atoms with Crippen LogP contribution in [0.2, 0.25) is 5.02 Å². The molecule has 0 N–H and O–H groups in total. The van der Waals surface area contributed by atoms with E-state index in [-0.39, 0.29) is 12.5 Å². The molecule has 2 aromatic carbocycles. The van der Waals surface area contributed by atoms with E-state index in [0.29, 0.717) is 36.9 Å². The molecule has 0 saturated carbocycles. The lowest BCUT2D eigenvalue weighted by Crippen LogP contribution is -2.39. The van der Waals surface area contributed by atoms with Gasteiger partial charge in [0, 0.05) is 17.0 Å². The van der Waals surface area contributed by atoms with E-state index < -0.39 is 0 Å². The minimum Gasteiger partial charge on any atom is -0.493 e. The number of methoxy groups -OCH3 is 1. The van der Waals surface area contributed by atoms with Gasteiger partial charge in [-0.3, -0.25) is 9.47 Å². The summed E-state index contributed by atoms with van der Waals surface area (Å²) >= 11 is 13.2. The molecule has 6 nitrogen and oxygen atoms in total. The van der Waals surface area contributed by atoms with Crippen LogP contribution >= 0.6 is 35.6 Å². The van der Waals surface area contributed by atoms with Crippen molar-refractivity contribution in [3.8, 4) is 17.6 Å². The van der Waals surface area contributed by atoms with Crippen LogP contribution in [0.25, 0.3) is 6.08 Å². The molecule has 1 aliphatic heterocycles. The minimum atomic E-state index is -0.207. The topological polar surface area (TPSA) is 67.5 Å². The number of aryl methyl sites for hydroxylation is 2. The first-order chi connectivity index (χ1) is 16.3. The number of thiocarbonyl (C=S) groups is 1. The summed E-state index contributed by atoms with van der Waals surface area (Å²) in [5, 5.41) is 11.1. The SMILES string of the molecule is COc1cc(/C=C2\SC(=S)N(n3c(C)ccc3C)C2=O)cc(Cl)c1OCc1ccccc1C#N. The van der Waals surface area contributed by atoms with Gasteiger partial charge in [0.25, 0.3) is 5.91 Å². The standard InChI is InChI=1S/C25H20ClN3O3S2/c1-15-8-9-16(2)28(15)29-24(30)22(34-25(29)33)12-17-10-20(26)23(21(11-17)31-3)32-14-19-7-5-4-6-18(19)13-27/h4-12H,14H2,1-3H3/b22-12-. The number of nitriles is 1. The van der Waals surface area contributed by atoms with Gasteiger partial charge in [-0.2, -0.15) is 10.3 Å². The molecule has 0 atom stereocenters. The Hall–Kier alpha value is -3.25. The van der Waals surface area contributed by atoms with Gasteiger partial charge < -0.3 is 9.47 Å². The number of rotatable bonds is 6. The van der Waals surface area contributed by atoms with E-state index in [2.05, 4.69) is 6.07 Å². The Morgan fingerprint density at radius 3 is 2.56 bits per heavy atom. The molecular weight excluding hydrogens is 490 g/mol. The van der Waals surface area contributed by atoms with Crippen molar-refractivity contribution in [2.45, 2.75) is 20.5 Å². The second-order valence-electron chi connectivity index (χ2n) is 7.51. The number of thioether (sulfide) groups is 1. The molecule has 1 aliphatic rings. The van der Waals surface area contributed by atoms with Crippen molar-refractivity contribution >= 4 is 51.9 Å². The van der Waals surface area contributed by atoms with Gasteiger partial charge >= 0.3 is 0 Å². The van der Waals surface area contributed by atoms with Gasteiger partial charge in [-0.15, -0.1) is 0 Å². The van der Waals surface area contributed by atoms with Gasteiger partial charge in [0.15, 0.2) is 15.8 Å². The lowest BCUT2D eigenvalue weighted by atomic mass is 10.1. The summed E-state index contributed by atoms with van der Waals surface area (Å²) in [7, 11) is 1.52. The summed E-state index contributed by atoms with van der Waals surface area (Å²) < 4.78 is 13.7. The molecule has 0 bridgehead atoms. The van der Waals surface area contributed by atoms with E-state index in [1.807, 2.05) is 42.8 Å². The fraction of sp³-hybridized carbons (Fsp3) is 0.160. The van der Waals surface area contributed by atoms with Crippen molar-refractivity contribution in [3.63, 3.8) is 0 Å². The van der Waals surface area contributed by atoms with Gasteiger partial charge in [-0.25, -0.2) is 0 Å². The van der Waals surface area contributed by atoms with Crippen LogP contribution in [-0.2, 0) is 11.4 Å². The summed E-state index contributed by atoms with van der Waals surface area (Å²) in [6, 6.07) is 16.7. The Morgan fingerprint density at radius 2 is 1.88 bits per heavy atom. The number of nitrogens with zero attached hydrogens (tertiary/aromatic N) is 3. The average Bonchev–Trinajstić information content (AvgIpc) is 3.29. The first-order valence-electron chi connectivity index (χ1n) is 10.3. The maximum atomic E-state index is 13.2. The van der Waals surface area contributed by atoms with E-state index in [0.717, 1.165) is 17.0 Å². The van der Waals surface area contributed by atoms with E-state index in [9.17, 15) is 10.1 Å². The van der Waals surface area contributed by atoms with Crippen molar-refractivity contribution in [1.29, 1.82) is 5.26 Å². The number of ether oxygens (including phenoxy) is 2. The first kappa shape index (κ1) is 23.9. The Kier molecular flexibility index (Phi) is 6.98. The van der Waals surface area contributed by atoms with Gasteiger partial charge in [0.1, 0.15) is 6.61 Å². The summed E-state index contributed by atoms with van der Waals surface area (Å²) in [5.41, 5.74) is 3.78. The van der Waals surface area contributed by atoms with Gasteiger partial charge in [0.05, 0.1) is 28.7 Å². The highest BCUT2D eigenvalue weighted by atomic mass is 35.5. The molecule has 0 aliphatic carbocycles. The van der Waals surface area contributed by atoms with Crippen LogP contribution in [0.4, 0.5) is 0 Å². The van der Waals surface area contributed by atoms with Gasteiger partial charge in [-0.05, 0) is 68.0 Å². The maximum Gasteiger partial charge on any atom is 0.285 e. The smallest absolute Gasteiger partial charge is 0.285 e. The summed E-state index contributed by atoms with van der Waals surface area (Å²) in [6.07, 6.45) is 1.73. The average molecular weight is 510 g/mol. The second kappa shape index (κ2) is 9.94. The highest BCUT2D eigenvalue weighted by Gasteiger charge is 2.34. The summed E-state index contributed by atoms with van der Waals surface area (Å²) in [4.78, 5) is 13.6. The fourth-order valence-corrected chi connectivity index (χ4v) is 5.14. The Balaban J connectivity index is 1.61. The number of hydrogen-bond acceptors (Lipinski definition) is 6. The van der Waals surface area contributed by atoms with Gasteiger partial charge in [-0.1, -0.05) is 41.6 Å². The number of halogens is 1. The third kappa shape index (κ3) is 4.55. The van der Waals surface area contributed by atoms with Crippen LogP contribution in [0, 0.1) is 25.2 Å². The number of hydrogen-bond donors (Lipinski definition) is 0. The molecule has 0 spiro atoms. The van der Waals surface area contributed by atoms with Gasteiger partial charge in [0.2, 0.25) is 0 Å². The van der Waals surface area contributed by atoms with Crippen LogP contribution < -0.4 is 14.5 Å². The Labute approximate surface area is 212 Å². The molecule has 1 amide bonds. The molecule has 1 fully saturated rings. The van der Waals surface area contributed by atoms with Crippen molar-refractivity contribution in [2.24, 2.45) is 0 Å². The maximum absolute atomic E-state index is 13.2. The third-order valence-corrected chi connectivity index (χ3v) is 6.83. The summed E-state index contributed by atoms with van der Waals surface area (Å²) in [6.45, 7) is 4.01. The van der Waals surface area contributed by atoms with E-state index in [4.69, 9.17) is 33.3 Å². The lowest BCUT2D eigenvalue weighted by molar-refractivity contribution is -0.114. The van der Waals surface area contributed by atoms with E-state index >= 15 is 0 Å². The molecule has 1 saturated heterocycles. The molecule has 172 valence electrons. The zero-order valence-electron chi connectivity index (χ0n) is 18.7. The molecular formula is C25H20ClN3O3S2. The first-order valence-corrected chi connectivity index (χ1v) is 11.9. The molecule has 0 unspecified atom stereocenters. The molecule has 1 aromatic heterocycles. The predicted octanol–water partition coefficient (Wildman–Crippen LogP) is 5.76. The number of aromatic nitrogens is 1. The molecule has 34 heavy (non-hydrogen) atoms. The monoisotopic (exact) mass is 509 g/mol. The number of amides is 1. The number of carbonyl (C=O) groups excluding carboxylic acids is 1. The normalized spacial score (nSPS) is 14.6. The molecule has 9 heteroatoms. The third-order valence-electron chi connectivity index (χ3n) is 5.27. The lowest BCUT2D eigenvalue weighted by Gasteiger charge is -2.20. The Bertz CT molecular complexity index is 1350. The van der Waals surface area contributed by atoms with E-state index in [1.54, 1.807) is 30.3 Å². The summed E-state index contributed by atoms with van der Waals surface area (Å²) in [5.74, 6) is 0.571. The highest BCUT2D eigenvalue weighted by molar-refractivity contribution is 8.27. The van der Waals surface area contributed by atoms with Crippen LogP contribution in [0.5, 0.6) is 11.5 Å². The quantitative estimate of drug-likeness (QED) is 0.311. The molecule has 4 rings (SSSR count). The van der Waals surface area contributed by atoms with E-state index in [1.165, 1.54) is 23.9 Å². The van der Waals surface area contributed by atoms with Crippen molar-refractivity contribution in [1.82, 2.24) is 4.68 Å². The second-order valence-corrected chi connectivity index (χ2v) is 9.60. The zero-order chi connectivity index (χ0) is 24.4. The van der Waals surface area contributed by atoms with Crippen LogP contribution in [0.1, 0.15) is 28.1 Å². The van der Waals surface area contributed by atoms with Crippen molar-refractivity contribution < 1.29 is 14.3 Å². The Morgan fingerprint density at radius 1 is 1.18 bits per heavy atom. The van der Waals surface area contributed by atoms with Crippen LogP contribution in [0.3, 0.4) is 0 Å². The molecule has 0 radical (unpaired) electrons. The minimum absolute atomic E-state index is 0.160. The fourth-order valence-electron chi connectivity index (χ4n) is 3.63. The van der Waals surface area contributed by atoms with Crippen molar-refractivity contribution in [3.05, 3.63) is 86.5 Å². The van der Waals surface area contributed by atoms with Crippen molar-refractivity contribution in [2.75, 3.05) is 12.1 Å². The van der Waals surface area contributed by atoms with Crippen LogP contribution in [-0.4, -0.2) is 22.0 Å². The highest BCUT2D eigenvalue weighted by Crippen LogP contribution is 2.39.